The van der Waals surface area contributed by atoms with Gasteiger partial charge in [-0.15, -0.1) is 5.10 Å². The Balaban J connectivity index is 2.21. The van der Waals surface area contributed by atoms with Crippen LogP contribution in [0.5, 0.6) is 5.75 Å². The minimum atomic E-state index is -0.649. The van der Waals surface area contributed by atoms with Crippen LogP contribution in [0.2, 0.25) is 0 Å². The van der Waals surface area contributed by atoms with Gasteiger partial charge in [0.15, 0.2) is 5.75 Å². The summed E-state index contributed by atoms with van der Waals surface area (Å²) in [6.07, 6.45) is 1.53. The van der Waals surface area contributed by atoms with E-state index >= 15 is 0 Å². The van der Waals surface area contributed by atoms with Gasteiger partial charge in [-0.3, -0.25) is 10.1 Å². The monoisotopic (exact) mass is 292 g/mol. The number of aliphatic hydroxyl groups excluding tert-OH is 1. The predicted molar refractivity (Wildman–Crippen MR) is 74.0 cm³/mol. The van der Waals surface area contributed by atoms with Gasteiger partial charge in [-0.1, -0.05) is 18.2 Å². The lowest BCUT2D eigenvalue weighted by atomic mass is 10.2. The van der Waals surface area contributed by atoms with Crippen LogP contribution in [0.1, 0.15) is 30.7 Å². The number of ether oxygens (including phenoxy) is 1. The highest BCUT2D eigenvalue weighted by Crippen LogP contribution is 2.27. The van der Waals surface area contributed by atoms with Crippen LogP contribution in [0, 0.1) is 10.1 Å². The zero-order valence-corrected chi connectivity index (χ0v) is 11.8. The SMILES string of the molecule is CCC(O)c1cn(Cc2ccc(OC)c([N+](=O)[O-])c2)nn1. The van der Waals surface area contributed by atoms with Gasteiger partial charge in [-0.25, -0.2) is 4.68 Å². The van der Waals surface area contributed by atoms with E-state index in [0.717, 1.165) is 0 Å². The summed E-state index contributed by atoms with van der Waals surface area (Å²) in [6.45, 7) is 2.17. The third-order valence-electron chi connectivity index (χ3n) is 3.07. The smallest absolute Gasteiger partial charge is 0.311 e. The molecule has 1 N–H and O–H groups in total. The maximum absolute atomic E-state index is 11.0. The molecule has 1 unspecified atom stereocenters. The van der Waals surface area contributed by atoms with Crippen LogP contribution in [-0.4, -0.2) is 32.1 Å². The lowest BCUT2D eigenvalue weighted by Gasteiger charge is -2.05. The molecule has 0 aliphatic heterocycles. The third-order valence-corrected chi connectivity index (χ3v) is 3.07. The van der Waals surface area contributed by atoms with Crippen LogP contribution >= 0.6 is 0 Å². The molecule has 2 aromatic rings. The van der Waals surface area contributed by atoms with Crippen LogP contribution in [-0.2, 0) is 6.54 Å². The van der Waals surface area contributed by atoms with Crippen molar-refractivity contribution < 1.29 is 14.8 Å². The van der Waals surface area contributed by atoms with Gasteiger partial charge in [0.1, 0.15) is 5.69 Å². The summed E-state index contributed by atoms with van der Waals surface area (Å²) in [5, 5.41) is 28.4. The van der Waals surface area contributed by atoms with Crippen LogP contribution in [0.25, 0.3) is 0 Å². The van der Waals surface area contributed by atoms with Gasteiger partial charge in [-0.05, 0) is 18.1 Å². The fourth-order valence-electron chi connectivity index (χ4n) is 1.92. The van der Waals surface area contributed by atoms with E-state index in [1.54, 1.807) is 18.3 Å². The molecule has 2 rings (SSSR count). The van der Waals surface area contributed by atoms with E-state index in [4.69, 9.17) is 4.74 Å². The van der Waals surface area contributed by atoms with E-state index in [1.807, 2.05) is 6.92 Å². The number of rotatable bonds is 6. The minimum absolute atomic E-state index is 0.0936. The standard InChI is InChI=1S/C13H16N4O4/c1-3-12(18)10-8-16(15-14-10)7-9-4-5-13(21-2)11(6-9)17(19)20/h4-6,8,12,18H,3,7H2,1-2H3. The maximum Gasteiger partial charge on any atom is 0.311 e. The van der Waals surface area contributed by atoms with Crippen LogP contribution in [0.3, 0.4) is 0 Å². The minimum Gasteiger partial charge on any atom is -0.490 e. The summed E-state index contributed by atoms with van der Waals surface area (Å²) in [4.78, 5) is 10.5. The molecule has 0 spiro atoms. The fraction of sp³-hybridized carbons (Fsp3) is 0.385. The number of nitro groups is 1. The van der Waals surface area contributed by atoms with Gasteiger partial charge in [0.25, 0.3) is 0 Å². The van der Waals surface area contributed by atoms with E-state index in [9.17, 15) is 15.2 Å². The molecule has 1 heterocycles. The van der Waals surface area contributed by atoms with Crippen LogP contribution in [0.15, 0.2) is 24.4 Å². The predicted octanol–water partition coefficient (Wildman–Crippen LogP) is 1.69. The molecule has 1 atom stereocenters. The lowest BCUT2D eigenvalue weighted by Crippen LogP contribution is -2.02. The van der Waals surface area contributed by atoms with E-state index < -0.39 is 11.0 Å². The second kappa shape index (κ2) is 6.31. The number of aliphatic hydroxyl groups is 1. The van der Waals surface area contributed by atoms with Crippen molar-refractivity contribution in [2.24, 2.45) is 0 Å². The molecule has 0 aliphatic carbocycles. The van der Waals surface area contributed by atoms with Gasteiger partial charge in [-0.2, -0.15) is 0 Å². The van der Waals surface area contributed by atoms with E-state index in [1.165, 1.54) is 17.9 Å². The van der Waals surface area contributed by atoms with Crippen molar-refractivity contribution in [3.63, 3.8) is 0 Å². The Labute approximate surface area is 121 Å². The molecule has 1 aromatic heterocycles. The maximum atomic E-state index is 11.0. The number of nitro benzene ring substituents is 1. The quantitative estimate of drug-likeness (QED) is 0.641. The Morgan fingerprint density at radius 3 is 2.90 bits per heavy atom. The summed E-state index contributed by atoms with van der Waals surface area (Å²) in [5.41, 5.74) is 1.09. The first kappa shape index (κ1) is 14.9. The first-order chi connectivity index (χ1) is 10.0. The second-order valence-electron chi connectivity index (χ2n) is 4.53. The first-order valence-electron chi connectivity index (χ1n) is 6.44. The normalized spacial score (nSPS) is 12.1. The molecule has 112 valence electrons. The molecule has 0 bridgehead atoms. The van der Waals surface area contributed by atoms with Crippen molar-refractivity contribution >= 4 is 5.69 Å². The van der Waals surface area contributed by atoms with Crippen molar-refractivity contribution in [1.82, 2.24) is 15.0 Å². The number of benzene rings is 1. The lowest BCUT2D eigenvalue weighted by molar-refractivity contribution is -0.385. The summed E-state index contributed by atoms with van der Waals surface area (Å²) >= 11 is 0. The van der Waals surface area contributed by atoms with Crippen molar-refractivity contribution in [3.8, 4) is 5.75 Å². The summed E-state index contributed by atoms with van der Waals surface area (Å²) in [5.74, 6) is 0.212. The molecule has 21 heavy (non-hydrogen) atoms. The highest BCUT2D eigenvalue weighted by atomic mass is 16.6. The molecule has 8 heteroatoms. The number of methoxy groups -OCH3 is 1. The van der Waals surface area contributed by atoms with E-state index in [-0.39, 0.29) is 11.4 Å². The molecule has 0 aliphatic rings. The van der Waals surface area contributed by atoms with Gasteiger partial charge < -0.3 is 9.84 Å². The largest absolute Gasteiger partial charge is 0.490 e. The topological polar surface area (TPSA) is 103 Å². The van der Waals surface area contributed by atoms with Crippen LogP contribution in [0.4, 0.5) is 5.69 Å². The third kappa shape index (κ3) is 3.34. The molecule has 0 amide bonds. The Bertz CT molecular complexity index is 641. The Kier molecular flexibility index (Phi) is 4.49. The van der Waals surface area contributed by atoms with Gasteiger partial charge in [0, 0.05) is 6.07 Å². The number of hydrogen-bond donors (Lipinski definition) is 1. The van der Waals surface area contributed by atoms with Crippen molar-refractivity contribution in [2.75, 3.05) is 7.11 Å². The van der Waals surface area contributed by atoms with Gasteiger partial charge >= 0.3 is 5.69 Å². The summed E-state index contributed by atoms with van der Waals surface area (Å²) in [7, 11) is 1.39. The zero-order chi connectivity index (χ0) is 15.4. The molecule has 0 saturated heterocycles. The Hall–Kier alpha value is -2.48. The Morgan fingerprint density at radius 1 is 1.52 bits per heavy atom. The second-order valence-corrected chi connectivity index (χ2v) is 4.53. The fourth-order valence-corrected chi connectivity index (χ4v) is 1.92. The van der Waals surface area contributed by atoms with Crippen molar-refractivity contribution in [1.29, 1.82) is 0 Å². The molecule has 8 nitrogen and oxygen atoms in total. The summed E-state index contributed by atoms with van der Waals surface area (Å²) < 4.78 is 6.48. The number of hydrogen-bond acceptors (Lipinski definition) is 6. The highest BCUT2D eigenvalue weighted by molar-refractivity contribution is 5.48. The van der Waals surface area contributed by atoms with E-state index in [2.05, 4.69) is 10.3 Å². The number of aromatic nitrogens is 3. The van der Waals surface area contributed by atoms with Crippen molar-refractivity contribution in [2.45, 2.75) is 26.0 Å². The molecule has 0 radical (unpaired) electrons. The molecule has 0 fully saturated rings. The Morgan fingerprint density at radius 2 is 2.29 bits per heavy atom. The van der Waals surface area contributed by atoms with Crippen LogP contribution < -0.4 is 4.74 Å². The van der Waals surface area contributed by atoms with Crippen molar-refractivity contribution in [3.05, 3.63) is 45.8 Å². The molecule has 1 aromatic carbocycles. The molecule has 0 saturated carbocycles. The highest BCUT2D eigenvalue weighted by Gasteiger charge is 2.16. The first-order valence-corrected chi connectivity index (χ1v) is 6.44. The summed E-state index contributed by atoms with van der Waals surface area (Å²) in [6, 6.07) is 4.71. The average Bonchev–Trinajstić information content (AvgIpc) is 2.94. The zero-order valence-electron chi connectivity index (χ0n) is 11.8. The van der Waals surface area contributed by atoms with Gasteiger partial charge in [0.05, 0.1) is 30.9 Å². The van der Waals surface area contributed by atoms with Gasteiger partial charge in [0.2, 0.25) is 0 Å². The average molecular weight is 292 g/mol. The van der Waals surface area contributed by atoms with E-state index in [0.29, 0.717) is 24.2 Å². The molecular formula is C13H16N4O4. The number of nitrogens with zero attached hydrogens (tertiary/aromatic N) is 4. The molecular weight excluding hydrogens is 276 g/mol.